The van der Waals surface area contributed by atoms with Crippen LogP contribution in [0.25, 0.3) is 5.57 Å². The summed E-state index contributed by atoms with van der Waals surface area (Å²) in [6.07, 6.45) is 5.27. The number of allylic oxidation sites excluding steroid dienone is 3. The summed E-state index contributed by atoms with van der Waals surface area (Å²) in [6.45, 7) is 6.09. The van der Waals surface area contributed by atoms with Gasteiger partial charge in [0, 0.05) is 12.0 Å². The lowest BCUT2D eigenvalue weighted by atomic mass is 9.76. The van der Waals surface area contributed by atoms with E-state index in [1.807, 2.05) is 37.3 Å². The van der Waals surface area contributed by atoms with Gasteiger partial charge in [-0.25, -0.2) is 4.79 Å². The largest absolute Gasteiger partial charge is 0.462 e. The number of rotatable bonds is 8. The monoisotopic (exact) mass is 355 g/mol. The molecule has 0 saturated carbocycles. The predicted molar refractivity (Wildman–Crippen MR) is 106 cm³/mol. The normalized spacial score (nSPS) is 20.0. The van der Waals surface area contributed by atoms with Gasteiger partial charge in [0.05, 0.1) is 7.98 Å². The number of carbonyl (C=O) groups is 2. The van der Waals surface area contributed by atoms with Gasteiger partial charge in [0.2, 0.25) is 0 Å². The zero-order valence-electron chi connectivity index (χ0n) is 17.1. The number of hydrogen-bond acceptors (Lipinski definition) is 3. The van der Waals surface area contributed by atoms with Crippen molar-refractivity contribution in [3.8, 4) is 0 Å². The predicted octanol–water partition coefficient (Wildman–Crippen LogP) is 5.51. The van der Waals surface area contributed by atoms with Crippen LogP contribution in [0.3, 0.4) is 0 Å². The van der Waals surface area contributed by atoms with Crippen molar-refractivity contribution < 1.29 is 15.7 Å². The molecule has 0 radical (unpaired) electrons. The van der Waals surface area contributed by atoms with Crippen molar-refractivity contribution >= 4 is 17.3 Å². The first-order valence-corrected chi connectivity index (χ1v) is 9.71. The van der Waals surface area contributed by atoms with E-state index in [4.69, 9.17) is 6.11 Å². The molecule has 0 heterocycles. The third-order valence-electron chi connectivity index (χ3n) is 4.67. The van der Waals surface area contributed by atoms with Crippen LogP contribution in [0.5, 0.6) is 0 Å². The lowest BCUT2D eigenvalue weighted by Gasteiger charge is -2.27. The highest BCUT2D eigenvalue weighted by atomic mass is 16.5. The summed E-state index contributed by atoms with van der Waals surface area (Å²) in [4.78, 5) is 25.3. The van der Waals surface area contributed by atoms with Gasteiger partial charge in [-0.1, -0.05) is 69.5 Å². The number of ether oxygens (including phenoxy) is 1. The van der Waals surface area contributed by atoms with Gasteiger partial charge >= 0.3 is 5.97 Å². The fourth-order valence-corrected chi connectivity index (χ4v) is 3.36. The van der Waals surface area contributed by atoms with Crippen LogP contribution < -0.4 is 0 Å². The molecule has 2 rings (SSSR count). The number of carbonyl (C=O) groups excluding carboxylic acids is 2. The Labute approximate surface area is 158 Å². The number of Topliss-reactive ketones (excluding diaryl/α,β-unsaturated/α-hetero) is 1. The second kappa shape index (κ2) is 10.1. The molecule has 1 aromatic rings. The highest BCUT2D eigenvalue weighted by molar-refractivity contribution is 6.25. The van der Waals surface area contributed by atoms with E-state index in [1.165, 1.54) is 0 Å². The van der Waals surface area contributed by atoms with Crippen molar-refractivity contribution in [1.82, 2.24) is 0 Å². The van der Waals surface area contributed by atoms with Crippen LogP contribution in [-0.4, -0.2) is 18.4 Å². The Bertz CT molecular complexity index is 731. The summed E-state index contributed by atoms with van der Waals surface area (Å²) < 4.78 is 13.9. The fourth-order valence-electron chi connectivity index (χ4n) is 3.36. The molecule has 1 aliphatic carbocycles. The van der Waals surface area contributed by atoms with Gasteiger partial charge < -0.3 is 4.74 Å². The number of unbranched alkanes of at least 4 members (excludes halogenated alkanes) is 3. The Morgan fingerprint density at radius 3 is 2.62 bits per heavy atom. The summed E-state index contributed by atoms with van der Waals surface area (Å²) >= 11 is 0. The SMILES string of the molecule is [2H]/C(CCCCCC)=C1/C(c2ccccc2)=C(C(=O)OCC)C(=O)CC1C. The average Bonchev–Trinajstić information content (AvgIpc) is 2.65. The lowest BCUT2D eigenvalue weighted by Crippen LogP contribution is -2.26. The van der Waals surface area contributed by atoms with Gasteiger partial charge in [-0.15, -0.1) is 0 Å². The second-order valence-electron chi connectivity index (χ2n) is 6.77. The van der Waals surface area contributed by atoms with Crippen molar-refractivity contribution in [3.63, 3.8) is 0 Å². The van der Waals surface area contributed by atoms with E-state index in [0.29, 0.717) is 18.0 Å². The molecule has 1 aromatic carbocycles. The first-order valence-electron chi connectivity index (χ1n) is 10.2. The Hall–Kier alpha value is -2.16. The molecule has 3 nitrogen and oxygen atoms in total. The van der Waals surface area contributed by atoms with Gasteiger partial charge in [0.25, 0.3) is 0 Å². The molecule has 0 aromatic heterocycles. The third-order valence-corrected chi connectivity index (χ3v) is 4.67. The van der Waals surface area contributed by atoms with Gasteiger partial charge in [0.15, 0.2) is 5.78 Å². The van der Waals surface area contributed by atoms with Gasteiger partial charge in [-0.3, -0.25) is 4.79 Å². The molecule has 0 spiro atoms. The maximum atomic E-state index is 12.7. The van der Waals surface area contributed by atoms with E-state index >= 15 is 0 Å². The van der Waals surface area contributed by atoms with Crippen LogP contribution in [0.1, 0.15) is 66.2 Å². The van der Waals surface area contributed by atoms with E-state index in [2.05, 4.69) is 6.92 Å². The fraction of sp³-hybridized carbons (Fsp3) is 0.478. The van der Waals surface area contributed by atoms with E-state index in [-0.39, 0.29) is 30.3 Å². The van der Waals surface area contributed by atoms with E-state index in [0.717, 1.165) is 36.8 Å². The summed E-state index contributed by atoms with van der Waals surface area (Å²) in [5, 5.41) is 0. The standard InChI is InChI=1S/C23H30O3/c1-4-6-7-8-12-15-19-17(3)16-20(24)22(23(25)26-5-2)21(19)18-13-10-9-11-14-18/h9-11,13-15,17H,4-8,12,16H2,1-3H3/b19-15-/i15D. The molecule has 1 unspecified atom stereocenters. The minimum Gasteiger partial charge on any atom is -0.462 e. The van der Waals surface area contributed by atoms with Crippen molar-refractivity contribution in [3.05, 3.63) is 53.1 Å². The maximum absolute atomic E-state index is 12.7. The summed E-state index contributed by atoms with van der Waals surface area (Å²) in [5.41, 5.74) is 2.32. The Balaban J connectivity index is 2.57. The number of ketones is 1. The van der Waals surface area contributed by atoms with E-state index in [1.54, 1.807) is 6.92 Å². The molecule has 0 fully saturated rings. The minimum absolute atomic E-state index is 0.0791. The Kier molecular flexibility index (Phi) is 7.24. The molecular formula is C23H30O3. The first-order chi connectivity index (χ1) is 13.0. The number of benzene rings is 1. The topological polar surface area (TPSA) is 43.4 Å². The molecule has 26 heavy (non-hydrogen) atoms. The molecule has 0 amide bonds. The maximum Gasteiger partial charge on any atom is 0.342 e. The Morgan fingerprint density at radius 1 is 1.23 bits per heavy atom. The molecule has 0 saturated heterocycles. The van der Waals surface area contributed by atoms with E-state index in [9.17, 15) is 9.59 Å². The smallest absolute Gasteiger partial charge is 0.342 e. The molecule has 1 atom stereocenters. The molecule has 1 aliphatic rings. The van der Waals surface area contributed by atoms with Crippen LogP contribution in [0.2, 0.25) is 0 Å². The van der Waals surface area contributed by atoms with Crippen LogP contribution in [0.4, 0.5) is 0 Å². The van der Waals surface area contributed by atoms with Crippen LogP contribution in [-0.2, 0) is 14.3 Å². The third kappa shape index (κ3) is 4.94. The Morgan fingerprint density at radius 2 is 1.96 bits per heavy atom. The lowest BCUT2D eigenvalue weighted by molar-refractivity contribution is -0.140. The second-order valence-corrected chi connectivity index (χ2v) is 6.77. The summed E-state index contributed by atoms with van der Waals surface area (Å²) in [6, 6.07) is 9.99. The molecule has 0 aliphatic heterocycles. The van der Waals surface area contributed by atoms with Crippen LogP contribution in [0.15, 0.2) is 47.5 Å². The molecule has 0 N–H and O–H groups in total. The van der Waals surface area contributed by atoms with Gasteiger partial charge in [0.1, 0.15) is 5.57 Å². The van der Waals surface area contributed by atoms with Crippen molar-refractivity contribution in [1.29, 1.82) is 0 Å². The van der Waals surface area contributed by atoms with Crippen LogP contribution >= 0.6 is 0 Å². The summed E-state index contributed by atoms with van der Waals surface area (Å²) in [5.74, 6) is -0.851. The van der Waals surface area contributed by atoms with Crippen LogP contribution in [0, 0.1) is 5.92 Å². The summed E-state index contributed by atoms with van der Waals surface area (Å²) in [7, 11) is 0. The van der Waals surface area contributed by atoms with Crippen molar-refractivity contribution in [2.45, 2.75) is 59.3 Å². The molecule has 0 bridgehead atoms. The quantitative estimate of drug-likeness (QED) is 0.351. The van der Waals surface area contributed by atoms with Gasteiger partial charge in [-0.05, 0) is 36.8 Å². The highest BCUT2D eigenvalue weighted by Gasteiger charge is 2.34. The number of esters is 1. The zero-order chi connectivity index (χ0) is 19.8. The van der Waals surface area contributed by atoms with E-state index < -0.39 is 5.97 Å². The zero-order valence-corrected chi connectivity index (χ0v) is 16.1. The van der Waals surface area contributed by atoms with Crippen molar-refractivity contribution in [2.24, 2.45) is 5.92 Å². The van der Waals surface area contributed by atoms with Gasteiger partial charge in [-0.2, -0.15) is 0 Å². The molecular weight excluding hydrogens is 324 g/mol. The van der Waals surface area contributed by atoms with Crippen molar-refractivity contribution in [2.75, 3.05) is 6.61 Å². The molecule has 140 valence electrons. The highest BCUT2D eigenvalue weighted by Crippen LogP contribution is 2.39. The molecule has 3 heteroatoms. The minimum atomic E-state index is -0.579. The first kappa shape index (κ1) is 18.6. The average molecular weight is 355 g/mol. The number of hydrogen-bond donors (Lipinski definition) is 0.